The van der Waals surface area contributed by atoms with Crippen LogP contribution in [0.5, 0.6) is 5.75 Å². The van der Waals surface area contributed by atoms with E-state index >= 15 is 0 Å². The van der Waals surface area contributed by atoms with Crippen molar-refractivity contribution in [3.8, 4) is 5.75 Å². The molecule has 0 aliphatic carbocycles. The molecule has 0 heterocycles. The van der Waals surface area contributed by atoms with Gasteiger partial charge in [0.1, 0.15) is 5.75 Å². The van der Waals surface area contributed by atoms with Crippen LogP contribution in [-0.2, 0) is 0 Å². The molecule has 1 aromatic rings. The lowest BCUT2D eigenvalue weighted by Crippen LogP contribution is -2.21. The number of hydrogen-bond acceptors (Lipinski definition) is 1. The highest BCUT2D eigenvalue weighted by atomic mass is 127. The molecule has 0 aliphatic rings. The summed E-state index contributed by atoms with van der Waals surface area (Å²) in [4.78, 5) is 0. The molecule has 0 saturated carbocycles. The molecule has 0 bridgehead atoms. The maximum absolute atomic E-state index is 12.5. The smallest absolute Gasteiger partial charge is 0.278 e. The standard InChI is InChI=1S/C9H8BrF2IO/c1-9(11,12)5-14-8-4-6(10)2-3-7(8)13/h2-4H,5H2,1H3. The van der Waals surface area contributed by atoms with Crippen LogP contribution in [0.25, 0.3) is 0 Å². The van der Waals surface area contributed by atoms with Crippen LogP contribution in [0.3, 0.4) is 0 Å². The number of ether oxygens (including phenoxy) is 1. The monoisotopic (exact) mass is 376 g/mol. The van der Waals surface area contributed by atoms with Crippen LogP contribution in [-0.4, -0.2) is 12.5 Å². The molecule has 0 fully saturated rings. The average Bonchev–Trinajstić information content (AvgIpc) is 2.05. The van der Waals surface area contributed by atoms with Gasteiger partial charge in [-0.05, 0) is 40.8 Å². The van der Waals surface area contributed by atoms with Crippen LogP contribution >= 0.6 is 38.5 Å². The Morgan fingerprint density at radius 3 is 2.71 bits per heavy atom. The maximum atomic E-state index is 12.5. The number of rotatable bonds is 3. The zero-order chi connectivity index (χ0) is 10.8. The van der Waals surface area contributed by atoms with Crippen molar-refractivity contribution in [3.63, 3.8) is 0 Å². The number of alkyl halides is 2. The summed E-state index contributed by atoms with van der Waals surface area (Å²) in [5.41, 5.74) is 0. The van der Waals surface area contributed by atoms with Gasteiger partial charge in [0.15, 0.2) is 6.61 Å². The van der Waals surface area contributed by atoms with E-state index in [2.05, 4.69) is 15.9 Å². The average molecular weight is 377 g/mol. The van der Waals surface area contributed by atoms with Crippen molar-refractivity contribution in [3.05, 3.63) is 26.2 Å². The number of benzene rings is 1. The largest absolute Gasteiger partial charge is 0.486 e. The minimum atomic E-state index is -2.80. The minimum absolute atomic E-state index is 0.474. The fraction of sp³-hybridized carbons (Fsp3) is 0.333. The predicted octanol–water partition coefficient (Wildman–Crippen LogP) is 4.09. The van der Waals surface area contributed by atoms with Crippen molar-refractivity contribution in [1.82, 2.24) is 0 Å². The van der Waals surface area contributed by atoms with Gasteiger partial charge < -0.3 is 4.74 Å². The molecule has 0 atom stereocenters. The molecule has 0 unspecified atom stereocenters. The summed E-state index contributed by atoms with van der Waals surface area (Å²) in [6.07, 6.45) is 0. The Hall–Kier alpha value is 0.0900. The van der Waals surface area contributed by atoms with E-state index in [9.17, 15) is 8.78 Å². The molecule has 0 spiro atoms. The van der Waals surface area contributed by atoms with Gasteiger partial charge in [-0.15, -0.1) is 0 Å². The first-order valence-corrected chi connectivity index (χ1v) is 5.71. The van der Waals surface area contributed by atoms with Crippen molar-refractivity contribution in [2.45, 2.75) is 12.8 Å². The first-order valence-electron chi connectivity index (χ1n) is 3.84. The van der Waals surface area contributed by atoms with E-state index in [4.69, 9.17) is 4.74 Å². The lowest BCUT2D eigenvalue weighted by Gasteiger charge is -2.13. The lowest BCUT2D eigenvalue weighted by atomic mass is 10.3. The highest BCUT2D eigenvalue weighted by molar-refractivity contribution is 14.1. The molecular formula is C9H8BrF2IO. The second-order valence-electron chi connectivity index (χ2n) is 2.93. The quantitative estimate of drug-likeness (QED) is 0.722. The number of halogens is 4. The SMILES string of the molecule is CC(F)(F)COc1cc(Br)ccc1I. The van der Waals surface area contributed by atoms with Gasteiger partial charge in [-0.25, -0.2) is 8.78 Å². The van der Waals surface area contributed by atoms with Crippen LogP contribution in [0, 0.1) is 3.57 Å². The minimum Gasteiger partial charge on any atom is -0.486 e. The summed E-state index contributed by atoms with van der Waals surface area (Å²) in [5.74, 6) is -2.33. The molecule has 0 aliphatic heterocycles. The maximum Gasteiger partial charge on any atom is 0.278 e. The van der Waals surface area contributed by atoms with Gasteiger partial charge in [0.25, 0.3) is 5.92 Å². The molecule has 1 rings (SSSR count). The molecule has 5 heteroatoms. The van der Waals surface area contributed by atoms with E-state index in [1.165, 1.54) is 0 Å². The summed E-state index contributed by atoms with van der Waals surface area (Å²) in [5, 5.41) is 0. The van der Waals surface area contributed by atoms with Gasteiger partial charge in [-0.3, -0.25) is 0 Å². The molecule has 0 amide bonds. The molecular weight excluding hydrogens is 369 g/mol. The Bertz CT molecular complexity index is 325. The zero-order valence-electron chi connectivity index (χ0n) is 7.36. The molecule has 0 saturated heterocycles. The van der Waals surface area contributed by atoms with Gasteiger partial charge in [0.05, 0.1) is 3.57 Å². The third-order valence-corrected chi connectivity index (χ3v) is 2.76. The Morgan fingerprint density at radius 2 is 2.14 bits per heavy atom. The highest BCUT2D eigenvalue weighted by Crippen LogP contribution is 2.26. The molecule has 78 valence electrons. The Kier molecular flexibility index (Phi) is 4.12. The van der Waals surface area contributed by atoms with E-state index in [0.717, 1.165) is 15.0 Å². The molecule has 0 aromatic heterocycles. The Balaban J connectivity index is 2.72. The summed E-state index contributed by atoms with van der Waals surface area (Å²) in [6.45, 7) is 0.233. The van der Waals surface area contributed by atoms with Crippen LogP contribution in [0.4, 0.5) is 8.78 Å². The van der Waals surface area contributed by atoms with Crippen molar-refractivity contribution < 1.29 is 13.5 Å². The van der Waals surface area contributed by atoms with E-state index in [1.807, 2.05) is 28.7 Å². The molecule has 1 aromatic carbocycles. The van der Waals surface area contributed by atoms with Crippen molar-refractivity contribution in [1.29, 1.82) is 0 Å². The normalized spacial score (nSPS) is 11.5. The summed E-state index contributed by atoms with van der Waals surface area (Å²) in [6, 6.07) is 5.31. The third kappa shape index (κ3) is 4.08. The number of hydrogen-bond donors (Lipinski definition) is 0. The summed E-state index contributed by atoms with van der Waals surface area (Å²) in [7, 11) is 0. The Morgan fingerprint density at radius 1 is 1.50 bits per heavy atom. The first kappa shape index (κ1) is 12.2. The van der Waals surface area contributed by atoms with E-state index in [0.29, 0.717) is 5.75 Å². The fourth-order valence-electron chi connectivity index (χ4n) is 0.792. The van der Waals surface area contributed by atoms with Crippen molar-refractivity contribution in [2.75, 3.05) is 6.61 Å². The van der Waals surface area contributed by atoms with Gasteiger partial charge in [0, 0.05) is 11.4 Å². The van der Waals surface area contributed by atoms with Gasteiger partial charge >= 0.3 is 0 Å². The van der Waals surface area contributed by atoms with Crippen LogP contribution in [0.1, 0.15) is 6.92 Å². The first-order chi connectivity index (χ1) is 6.38. The summed E-state index contributed by atoms with van der Waals surface area (Å²) >= 11 is 5.28. The second kappa shape index (κ2) is 4.74. The molecule has 14 heavy (non-hydrogen) atoms. The topological polar surface area (TPSA) is 9.23 Å². The van der Waals surface area contributed by atoms with E-state index < -0.39 is 12.5 Å². The van der Waals surface area contributed by atoms with Crippen molar-refractivity contribution in [2.24, 2.45) is 0 Å². The lowest BCUT2D eigenvalue weighted by molar-refractivity contribution is -0.0232. The van der Waals surface area contributed by atoms with Gasteiger partial charge in [-0.2, -0.15) is 0 Å². The molecule has 0 radical (unpaired) electrons. The zero-order valence-corrected chi connectivity index (χ0v) is 11.1. The third-order valence-electron chi connectivity index (χ3n) is 1.37. The van der Waals surface area contributed by atoms with E-state index in [-0.39, 0.29) is 0 Å². The van der Waals surface area contributed by atoms with Crippen LogP contribution in [0.2, 0.25) is 0 Å². The van der Waals surface area contributed by atoms with Gasteiger partial charge in [0.2, 0.25) is 0 Å². The summed E-state index contributed by atoms with van der Waals surface area (Å²) < 4.78 is 31.6. The molecule has 1 nitrogen and oxygen atoms in total. The van der Waals surface area contributed by atoms with Crippen molar-refractivity contribution >= 4 is 38.5 Å². The fourth-order valence-corrected chi connectivity index (χ4v) is 1.62. The van der Waals surface area contributed by atoms with Gasteiger partial charge in [-0.1, -0.05) is 15.9 Å². The predicted molar refractivity (Wildman–Crippen MR) is 63.0 cm³/mol. The highest BCUT2D eigenvalue weighted by Gasteiger charge is 2.22. The molecule has 0 N–H and O–H groups in total. The van der Waals surface area contributed by atoms with E-state index in [1.54, 1.807) is 12.1 Å². The van der Waals surface area contributed by atoms with Crippen LogP contribution in [0.15, 0.2) is 22.7 Å². The van der Waals surface area contributed by atoms with Crippen LogP contribution < -0.4 is 4.74 Å². The second-order valence-corrected chi connectivity index (χ2v) is 5.01. The Labute approximate surface area is 103 Å².